The average Bonchev–Trinajstić information content (AvgIpc) is 1.92. The standard InChI is InChI=1S/C36H30N6O2.C28H28N6.C22H17N5/c37-33-32-31(26-15-14-24-16-17-29(39-30(24)20-26)23-6-2-1-3-7-23)40-34(41(32)19-18-38-33)25-12-10-22(11-13-25)21-42-35(43)27-8-4-5-9-28(27)36(42)44;29-17-18-6-8-21(9-7-18)28-33-25(26-27(30)31-14-15-34(26)28)22-11-10-20-12-13-23(32-24(20)16-22)19-4-2-1-3-5-19;1-14-25-20(21-22(23)24-11-12-27(14)21)17-8-7-16-9-10-18(26-19(16)13-17)15-5-3-2-4-6-15/h1-9,14-20,22,25H,10-13,21H2,(H2,37,38);1-5,10-16,18,21H,6-9,17,29H2,(H2,30,31);2-13H,1H3,(H2,23,24). The molecule has 7 aromatic carbocycles. The van der Waals surface area contributed by atoms with E-state index in [0.29, 0.717) is 47.0 Å². The van der Waals surface area contributed by atoms with Crippen LogP contribution < -0.4 is 22.9 Å². The van der Waals surface area contributed by atoms with Crippen LogP contribution in [-0.2, 0) is 0 Å². The molecule has 2 amide bonds. The first-order valence-electron chi connectivity index (χ1n) is 35.9. The predicted molar refractivity (Wildman–Crippen MR) is 416 cm³/mol. The van der Waals surface area contributed by atoms with E-state index in [4.69, 9.17) is 52.8 Å². The maximum Gasteiger partial charge on any atom is 0.261 e. The minimum absolute atomic E-state index is 0.180. The number of aryl methyl sites for hydroxylation is 1. The maximum absolute atomic E-state index is 12.9. The average molecular weight is 1380 g/mol. The van der Waals surface area contributed by atoms with Crippen molar-refractivity contribution in [3.8, 4) is 67.5 Å². The number of hydrogen-bond acceptors (Lipinski definition) is 15. The maximum atomic E-state index is 12.9. The van der Waals surface area contributed by atoms with E-state index in [-0.39, 0.29) is 23.7 Å². The Hall–Kier alpha value is -12.9. The Bertz CT molecular complexity index is 5940. The molecule has 9 aromatic heterocycles. The number of anilines is 3. The molecule has 2 aliphatic carbocycles. The zero-order valence-electron chi connectivity index (χ0n) is 57.9. The molecule has 105 heavy (non-hydrogen) atoms. The van der Waals surface area contributed by atoms with Gasteiger partial charge in [-0.2, -0.15) is 0 Å². The van der Waals surface area contributed by atoms with E-state index < -0.39 is 0 Å². The Morgan fingerprint density at radius 3 is 1.10 bits per heavy atom. The fourth-order valence-electron chi connectivity index (χ4n) is 15.6. The summed E-state index contributed by atoms with van der Waals surface area (Å²) in [6, 6.07) is 68.9. The van der Waals surface area contributed by atoms with Crippen LogP contribution in [0.4, 0.5) is 17.5 Å². The number of hydrogen-bond donors (Lipinski definition) is 4. The Morgan fingerprint density at radius 2 is 0.714 bits per heavy atom. The van der Waals surface area contributed by atoms with Crippen LogP contribution in [0.1, 0.15) is 101 Å². The number of pyridine rings is 3. The molecule has 16 aromatic rings. The van der Waals surface area contributed by atoms with Gasteiger partial charge in [0.25, 0.3) is 11.8 Å². The number of nitrogens with two attached hydrogens (primary N) is 4. The van der Waals surface area contributed by atoms with Crippen LogP contribution in [0.2, 0.25) is 0 Å². The SMILES string of the molecule is Cc1nc(-c2ccc3ccc(-c4ccccc4)nc3c2)c2c(N)nccn12.NCC1CCC(c2nc(-c3ccc4ccc(-c5ccccc5)nc4c3)c3c(N)nccn23)CC1.Nc1nccn2c(C3CCC(CN4C(=O)c5ccccc5C4=O)CC3)nc(-c3ccc4ccc(-c5ccccc5)nc4c3)c12. The molecular weight excluding hydrogens is 1300 g/mol. The summed E-state index contributed by atoms with van der Waals surface area (Å²) >= 11 is 0. The van der Waals surface area contributed by atoms with Gasteiger partial charge in [-0.15, -0.1) is 0 Å². The molecule has 0 atom stereocenters. The van der Waals surface area contributed by atoms with Crippen molar-refractivity contribution in [3.63, 3.8) is 0 Å². The van der Waals surface area contributed by atoms with Crippen molar-refractivity contribution in [2.75, 3.05) is 30.3 Å². The molecule has 0 saturated heterocycles. The minimum atomic E-state index is -0.180. The number of imidazole rings is 3. The van der Waals surface area contributed by atoms with Crippen LogP contribution in [0.25, 0.3) is 117 Å². The first-order valence-corrected chi connectivity index (χ1v) is 35.9. The first kappa shape index (κ1) is 65.4. The minimum Gasteiger partial charge on any atom is -0.382 e. The fraction of sp³-hybridized carbons (Fsp3) is 0.174. The molecule has 10 heterocycles. The normalized spacial score (nSPS) is 16.6. The van der Waals surface area contributed by atoms with Gasteiger partial charge in [0.05, 0.1) is 44.8 Å². The Balaban J connectivity index is 0.000000120. The van der Waals surface area contributed by atoms with Crippen LogP contribution in [0, 0.1) is 18.8 Å². The van der Waals surface area contributed by atoms with Crippen molar-refractivity contribution in [1.82, 2.24) is 63.0 Å². The summed E-state index contributed by atoms with van der Waals surface area (Å²) in [5.74, 6) is 5.46. The number of benzene rings is 7. The van der Waals surface area contributed by atoms with Crippen molar-refractivity contribution in [3.05, 3.63) is 272 Å². The second-order valence-corrected chi connectivity index (χ2v) is 27.6. The van der Waals surface area contributed by atoms with Crippen LogP contribution >= 0.6 is 0 Å². The van der Waals surface area contributed by atoms with E-state index in [1.165, 1.54) is 4.90 Å². The van der Waals surface area contributed by atoms with E-state index in [0.717, 1.165) is 192 Å². The molecule has 2 fully saturated rings. The number of carbonyl (C=O) groups is 2. The van der Waals surface area contributed by atoms with Crippen molar-refractivity contribution in [2.24, 2.45) is 17.6 Å². The lowest BCUT2D eigenvalue weighted by molar-refractivity contribution is 0.0614. The lowest BCUT2D eigenvalue weighted by atomic mass is 9.81. The molecule has 3 aliphatic rings. The first-order chi connectivity index (χ1) is 51.5. The van der Waals surface area contributed by atoms with Crippen molar-refractivity contribution < 1.29 is 9.59 Å². The number of rotatable bonds is 11. The molecule has 516 valence electrons. The largest absolute Gasteiger partial charge is 0.382 e. The second kappa shape index (κ2) is 27.8. The van der Waals surface area contributed by atoms with Gasteiger partial charge in [0.15, 0.2) is 0 Å². The van der Waals surface area contributed by atoms with Crippen LogP contribution in [-0.4, -0.2) is 87.9 Å². The topological polar surface area (TPSA) is 271 Å². The van der Waals surface area contributed by atoms with Crippen LogP contribution in [0.3, 0.4) is 0 Å². The number of nitrogens with zero attached hydrogens (tertiary/aromatic N) is 13. The zero-order chi connectivity index (χ0) is 71.2. The van der Waals surface area contributed by atoms with E-state index in [1.807, 2.05) is 90.6 Å². The van der Waals surface area contributed by atoms with Gasteiger partial charge in [-0.25, -0.2) is 44.9 Å². The molecule has 19 nitrogen and oxygen atoms in total. The third-order valence-electron chi connectivity index (χ3n) is 21.2. The summed E-state index contributed by atoms with van der Waals surface area (Å²) in [6.45, 7) is 3.19. The molecule has 8 N–H and O–H groups in total. The third-order valence-corrected chi connectivity index (χ3v) is 21.2. The van der Waals surface area contributed by atoms with E-state index in [9.17, 15) is 9.59 Å². The van der Waals surface area contributed by atoms with Crippen molar-refractivity contribution in [2.45, 2.75) is 70.1 Å². The van der Waals surface area contributed by atoms with Crippen LogP contribution in [0.5, 0.6) is 0 Å². The van der Waals surface area contributed by atoms with Gasteiger partial charge in [0, 0.05) is 105 Å². The van der Waals surface area contributed by atoms with Crippen molar-refractivity contribution >= 4 is 78.5 Å². The molecule has 1 aliphatic heterocycles. The molecule has 19 heteroatoms. The summed E-state index contributed by atoms with van der Waals surface area (Å²) in [5.41, 5.74) is 42.7. The van der Waals surface area contributed by atoms with Gasteiger partial charge in [-0.05, 0) is 125 Å². The molecule has 0 bridgehead atoms. The highest BCUT2D eigenvalue weighted by atomic mass is 16.2. The highest BCUT2D eigenvalue weighted by Crippen LogP contribution is 2.43. The van der Waals surface area contributed by atoms with Crippen molar-refractivity contribution in [1.29, 1.82) is 0 Å². The molecule has 0 spiro atoms. The summed E-state index contributed by atoms with van der Waals surface area (Å²) in [6.07, 6.45) is 19.1. The lowest BCUT2D eigenvalue weighted by Gasteiger charge is -2.30. The zero-order valence-corrected chi connectivity index (χ0v) is 57.9. The van der Waals surface area contributed by atoms with E-state index in [2.05, 4.69) is 145 Å². The summed E-state index contributed by atoms with van der Waals surface area (Å²) in [5, 5.41) is 3.24. The molecular formula is C86H75N17O2. The van der Waals surface area contributed by atoms with Gasteiger partial charge in [0.2, 0.25) is 0 Å². The lowest BCUT2D eigenvalue weighted by Crippen LogP contribution is -2.35. The Kier molecular flexibility index (Phi) is 17.3. The predicted octanol–water partition coefficient (Wildman–Crippen LogP) is 16.7. The Morgan fingerprint density at radius 1 is 0.371 bits per heavy atom. The highest BCUT2D eigenvalue weighted by Gasteiger charge is 2.38. The van der Waals surface area contributed by atoms with E-state index >= 15 is 0 Å². The second-order valence-electron chi connectivity index (χ2n) is 27.6. The number of amides is 2. The number of carbonyl (C=O) groups excluding carboxylic acids is 2. The van der Waals surface area contributed by atoms with Gasteiger partial charge in [-0.3, -0.25) is 27.7 Å². The molecule has 2 saturated carbocycles. The van der Waals surface area contributed by atoms with Crippen LogP contribution in [0.15, 0.2) is 243 Å². The monoisotopic (exact) mass is 1380 g/mol. The fourth-order valence-corrected chi connectivity index (χ4v) is 15.6. The molecule has 0 unspecified atom stereocenters. The summed E-state index contributed by atoms with van der Waals surface area (Å²) in [4.78, 5) is 70.2. The summed E-state index contributed by atoms with van der Waals surface area (Å²) < 4.78 is 6.20. The molecule has 19 rings (SSSR count). The van der Waals surface area contributed by atoms with Gasteiger partial charge >= 0.3 is 0 Å². The number of aromatic nitrogens is 12. The quantitative estimate of drug-likeness (QED) is 0.0877. The molecule has 0 radical (unpaired) electrons. The third kappa shape index (κ3) is 12.6. The summed E-state index contributed by atoms with van der Waals surface area (Å²) in [7, 11) is 0. The van der Waals surface area contributed by atoms with Gasteiger partial charge in [0.1, 0.15) is 68.6 Å². The van der Waals surface area contributed by atoms with Gasteiger partial charge in [-0.1, -0.05) is 158 Å². The Labute approximate surface area is 605 Å². The van der Waals surface area contributed by atoms with E-state index in [1.54, 1.807) is 42.9 Å². The number of imide groups is 1. The number of fused-ring (bicyclic) bond motifs is 7. The smallest absolute Gasteiger partial charge is 0.261 e. The highest BCUT2D eigenvalue weighted by molar-refractivity contribution is 6.21. The van der Waals surface area contributed by atoms with Gasteiger partial charge < -0.3 is 22.9 Å². The number of nitrogen functional groups attached to an aromatic ring is 3.